The molecule has 3 aromatic rings. The summed E-state index contributed by atoms with van der Waals surface area (Å²) in [4.78, 5) is 29.2. The standard InChI is InChI=1S/C18H19N5O2/c1-12-9-22-10-14(6-7-16(22)20-12)21-17(24)11-23-18(25)15-5-3-2-4-13(15)8-19-23/h2-5,8-9,14H,6-7,10-11H2,1H3,(H,21,24)/t14-/m0/s1. The molecular weight excluding hydrogens is 318 g/mol. The highest BCUT2D eigenvalue weighted by Gasteiger charge is 2.21. The molecule has 7 heteroatoms. The lowest BCUT2D eigenvalue weighted by Crippen LogP contribution is -2.43. The molecule has 25 heavy (non-hydrogen) atoms. The molecule has 2 aromatic heterocycles. The van der Waals surface area contributed by atoms with Crippen molar-refractivity contribution in [1.82, 2.24) is 24.6 Å². The molecule has 0 fully saturated rings. The molecule has 0 saturated heterocycles. The lowest BCUT2D eigenvalue weighted by atomic mass is 10.1. The Hall–Kier alpha value is -2.96. The molecule has 1 amide bonds. The van der Waals surface area contributed by atoms with Crippen LogP contribution in [-0.4, -0.2) is 31.3 Å². The third-order valence-corrected chi connectivity index (χ3v) is 4.53. The third-order valence-electron chi connectivity index (χ3n) is 4.53. The van der Waals surface area contributed by atoms with Gasteiger partial charge in [-0.15, -0.1) is 0 Å². The van der Waals surface area contributed by atoms with Crippen molar-refractivity contribution < 1.29 is 4.79 Å². The normalized spacial score (nSPS) is 16.6. The van der Waals surface area contributed by atoms with Crippen molar-refractivity contribution in [2.75, 3.05) is 0 Å². The van der Waals surface area contributed by atoms with E-state index in [0.717, 1.165) is 29.7 Å². The summed E-state index contributed by atoms with van der Waals surface area (Å²) in [5.41, 5.74) is 0.748. The molecule has 3 heterocycles. The zero-order valence-corrected chi connectivity index (χ0v) is 14.0. The number of fused-ring (bicyclic) bond motifs is 2. The van der Waals surface area contributed by atoms with Crippen molar-refractivity contribution >= 4 is 16.7 Å². The summed E-state index contributed by atoms with van der Waals surface area (Å²) in [6.07, 6.45) is 5.31. The number of hydrogen-bond donors (Lipinski definition) is 1. The predicted molar refractivity (Wildman–Crippen MR) is 93.2 cm³/mol. The van der Waals surface area contributed by atoms with Crippen LogP contribution < -0.4 is 10.9 Å². The van der Waals surface area contributed by atoms with Crippen LogP contribution in [0, 0.1) is 6.92 Å². The zero-order chi connectivity index (χ0) is 17.4. The van der Waals surface area contributed by atoms with Crippen LogP contribution in [0.2, 0.25) is 0 Å². The fraction of sp³-hybridized carbons (Fsp3) is 0.333. The van der Waals surface area contributed by atoms with Gasteiger partial charge in [0, 0.05) is 30.6 Å². The SMILES string of the molecule is Cc1cn2c(n1)CC[C@H](NC(=O)Cn1ncc3ccccc3c1=O)C2. The first-order valence-electron chi connectivity index (χ1n) is 8.37. The fourth-order valence-electron chi connectivity index (χ4n) is 3.35. The van der Waals surface area contributed by atoms with E-state index in [1.54, 1.807) is 18.3 Å². The van der Waals surface area contributed by atoms with E-state index in [4.69, 9.17) is 0 Å². The molecule has 0 unspecified atom stereocenters. The summed E-state index contributed by atoms with van der Waals surface area (Å²) < 4.78 is 3.30. The van der Waals surface area contributed by atoms with Gasteiger partial charge in [-0.1, -0.05) is 18.2 Å². The first kappa shape index (κ1) is 15.6. The number of aromatic nitrogens is 4. The van der Waals surface area contributed by atoms with Gasteiger partial charge in [0.2, 0.25) is 5.91 Å². The Morgan fingerprint density at radius 3 is 3.08 bits per heavy atom. The van der Waals surface area contributed by atoms with E-state index in [-0.39, 0.29) is 24.1 Å². The van der Waals surface area contributed by atoms with Gasteiger partial charge in [-0.05, 0) is 19.4 Å². The Bertz CT molecular complexity index is 1000. The highest BCUT2D eigenvalue weighted by Crippen LogP contribution is 2.15. The molecule has 0 spiro atoms. The number of carbonyl (C=O) groups excluding carboxylic acids is 1. The second kappa shape index (κ2) is 6.16. The molecule has 1 atom stereocenters. The van der Waals surface area contributed by atoms with Gasteiger partial charge in [-0.3, -0.25) is 9.59 Å². The van der Waals surface area contributed by atoms with Gasteiger partial charge >= 0.3 is 0 Å². The van der Waals surface area contributed by atoms with E-state index in [1.807, 2.05) is 25.3 Å². The van der Waals surface area contributed by atoms with Crippen molar-refractivity contribution in [3.63, 3.8) is 0 Å². The Balaban J connectivity index is 1.46. The van der Waals surface area contributed by atoms with Crippen molar-refractivity contribution in [3.05, 3.63) is 58.5 Å². The number of imidazole rings is 1. The van der Waals surface area contributed by atoms with Crippen molar-refractivity contribution in [2.24, 2.45) is 0 Å². The minimum atomic E-state index is -0.246. The molecule has 1 aliphatic heterocycles. The molecule has 1 aromatic carbocycles. The number of carbonyl (C=O) groups is 1. The van der Waals surface area contributed by atoms with E-state index in [0.29, 0.717) is 11.9 Å². The minimum Gasteiger partial charge on any atom is -0.350 e. The summed E-state index contributed by atoms with van der Waals surface area (Å²) in [6, 6.07) is 7.29. The number of nitrogens with one attached hydrogen (secondary N) is 1. The molecular formula is C18H19N5O2. The van der Waals surface area contributed by atoms with Crippen LogP contribution in [0.5, 0.6) is 0 Å². The molecule has 128 valence electrons. The summed E-state index contributed by atoms with van der Waals surface area (Å²) in [5.74, 6) is 0.866. The Morgan fingerprint density at radius 1 is 1.36 bits per heavy atom. The smallest absolute Gasteiger partial charge is 0.275 e. The summed E-state index contributed by atoms with van der Waals surface area (Å²) in [5, 5.41) is 8.46. The Labute approximate surface area is 144 Å². The van der Waals surface area contributed by atoms with Gasteiger partial charge in [0.05, 0.1) is 17.3 Å². The topological polar surface area (TPSA) is 81.8 Å². The monoisotopic (exact) mass is 337 g/mol. The Morgan fingerprint density at radius 2 is 2.20 bits per heavy atom. The average molecular weight is 337 g/mol. The molecule has 1 N–H and O–H groups in total. The number of aryl methyl sites for hydroxylation is 2. The Kier molecular flexibility index (Phi) is 3.83. The van der Waals surface area contributed by atoms with Gasteiger partial charge in [0.25, 0.3) is 5.56 Å². The van der Waals surface area contributed by atoms with Crippen LogP contribution in [0.25, 0.3) is 10.8 Å². The minimum absolute atomic E-state index is 0.0461. The first-order chi connectivity index (χ1) is 12.1. The first-order valence-corrected chi connectivity index (χ1v) is 8.37. The van der Waals surface area contributed by atoms with Crippen LogP contribution in [-0.2, 0) is 24.3 Å². The number of hydrogen-bond acceptors (Lipinski definition) is 4. The molecule has 0 saturated carbocycles. The van der Waals surface area contributed by atoms with Crippen molar-refractivity contribution in [1.29, 1.82) is 0 Å². The van der Waals surface area contributed by atoms with E-state index in [2.05, 4.69) is 20.0 Å². The third kappa shape index (κ3) is 3.05. The van der Waals surface area contributed by atoms with Gasteiger partial charge in [0.15, 0.2) is 0 Å². The number of amides is 1. The number of benzene rings is 1. The van der Waals surface area contributed by atoms with Gasteiger partial charge in [-0.2, -0.15) is 5.10 Å². The molecule has 4 rings (SSSR count). The van der Waals surface area contributed by atoms with E-state index < -0.39 is 0 Å². The van der Waals surface area contributed by atoms with Crippen molar-refractivity contribution in [3.8, 4) is 0 Å². The van der Waals surface area contributed by atoms with Gasteiger partial charge in [-0.25, -0.2) is 9.67 Å². The number of rotatable bonds is 3. The summed E-state index contributed by atoms with van der Waals surface area (Å²) in [6.45, 7) is 2.61. The van der Waals surface area contributed by atoms with Crippen LogP contribution >= 0.6 is 0 Å². The molecule has 7 nitrogen and oxygen atoms in total. The maximum Gasteiger partial charge on any atom is 0.275 e. The van der Waals surface area contributed by atoms with Crippen molar-refractivity contribution in [2.45, 2.75) is 38.9 Å². The van der Waals surface area contributed by atoms with E-state index in [9.17, 15) is 9.59 Å². The second-order valence-corrected chi connectivity index (χ2v) is 6.45. The largest absolute Gasteiger partial charge is 0.350 e. The maximum absolute atomic E-state index is 12.4. The quantitative estimate of drug-likeness (QED) is 0.774. The van der Waals surface area contributed by atoms with Crippen LogP contribution in [0.4, 0.5) is 0 Å². The van der Waals surface area contributed by atoms with Crippen LogP contribution in [0.1, 0.15) is 17.9 Å². The molecule has 0 radical (unpaired) electrons. The van der Waals surface area contributed by atoms with E-state index >= 15 is 0 Å². The fourth-order valence-corrected chi connectivity index (χ4v) is 3.35. The average Bonchev–Trinajstić information content (AvgIpc) is 2.97. The maximum atomic E-state index is 12.4. The number of nitrogens with zero attached hydrogens (tertiary/aromatic N) is 4. The zero-order valence-electron chi connectivity index (χ0n) is 14.0. The second-order valence-electron chi connectivity index (χ2n) is 6.45. The summed E-state index contributed by atoms with van der Waals surface area (Å²) in [7, 11) is 0. The van der Waals surface area contributed by atoms with Gasteiger partial charge in [0.1, 0.15) is 12.4 Å². The molecule has 1 aliphatic rings. The highest BCUT2D eigenvalue weighted by atomic mass is 16.2. The molecule has 0 bridgehead atoms. The summed E-state index contributed by atoms with van der Waals surface area (Å²) >= 11 is 0. The lowest BCUT2D eigenvalue weighted by Gasteiger charge is -2.24. The lowest BCUT2D eigenvalue weighted by molar-refractivity contribution is -0.122. The van der Waals surface area contributed by atoms with Crippen LogP contribution in [0.15, 0.2) is 41.5 Å². The highest BCUT2D eigenvalue weighted by molar-refractivity contribution is 5.81. The van der Waals surface area contributed by atoms with Crippen LogP contribution in [0.3, 0.4) is 0 Å². The van der Waals surface area contributed by atoms with Gasteiger partial charge < -0.3 is 9.88 Å². The predicted octanol–water partition coefficient (Wildman–Crippen LogP) is 1.03. The molecule has 0 aliphatic carbocycles. The van der Waals surface area contributed by atoms with E-state index in [1.165, 1.54) is 4.68 Å².